The summed E-state index contributed by atoms with van der Waals surface area (Å²) in [5.74, 6) is -0.390. The highest BCUT2D eigenvalue weighted by molar-refractivity contribution is 7.92. The van der Waals surface area contributed by atoms with Gasteiger partial charge in [0.25, 0.3) is 5.91 Å². The van der Waals surface area contributed by atoms with Crippen molar-refractivity contribution in [2.24, 2.45) is 0 Å². The average Bonchev–Trinajstić information content (AvgIpc) is 3.04. The van der Waals surface area contributed by atoms with Crippen molar-refractivity contribution in [1.29, 1.82) is 0 Å². The second kappa shape index (κ2) is 8.48. The summed E-state index contributed by atoms with van der Waals surface area (Å²) in [6.07, 6.45) is 3.25. The number of benzene rings is 2. The molecular formula is C18H15Cl2N3O3S2. The Hall–Kier alpha value is -2.13. The molecule has 0 bridgehead atoms. The van der Waals surface area contributed by atoms with E-state index in [-0.39, 0.29) is 5.91 Å². The number of hydrogen-bond donors (Lipinski definition) is 2. The molecule has 0 unspecified atom stereocenters. The Morgan fingerprint density at radius 1 is 1.18 bits per heavy atom. The minimum absolute atomic E-state index is 0.309. The van der Waals surface area contributed by atoms with Crippen LogP contribution in [0.4, 0.5) is 10.8 Å². The largest absolute Gasteiger partial charge is 0.298 e. The second-order valence-corrected chi connectivity index (χ2v) is 9.58. The lowest BCUT2D eigenvalue weighted by Gasteiger charge is -2.06. The molecule has 10 heteroatoms. The summed E-state index contributed by atoms with van der Waals surface area (Å²) >= 11 is 13.6. The summed E-state index contributed by atoms with van der Waals surface area (Å²) in [6.45, 7) is 0. The van der Waals surface area contributed by atoms with Crippen LogP contribution in [0.5, 0.6) is 0 Å². The SMILES string of the molecule is CS(=O)(=O)Nc1cccc(C(=O)Nc2ncc(Cc3cccc(Cl)c3Cl)s2)c1. The van der Waals surface area contributed by atoms with E-state index in [0.717, 1.165) is 16.7 Å². The molecule has 0 spiro atoms. The van der Waals surface area contributed by atoms with Gasteiger partial charge in [-0.2, -0.15) is 0 Å². The molecule has 0 atom stereocenters. The van der Waals surface area contributed by atoms with Crippen molar-refractivity contribution in [3.05, 3.63) is 74.7 Å². The maximum atomic E-state index is 12.4. The molecule has 0 fully saturated rings. The van der Waals surface area contributed by atoms with Crippen molar-refractivity contribution in [2.45, 2.75) is 6.42 Å². The number of aromatic nitrogens is 1. The summed E-state index contributed by atoms with van der Waals surface area (Å²) in [5, 5.41) is 4.13. The lowest BCUT2D eigenvalue weighted by Crippen LogP contribution is -2.13. The molecule has 0 radical (unpaired) electrons. The van der Waals surface area contributed by atoms with Gasteiger partial charge in [-0.25, -0.2) is 13.4 Å². The monoisotopic (exact) mass is 455 g/mol. The topological polar surface area (TPSA) is 88.2 Å². The quantitative estimate of drug-likeness (QED) is 0.565. The van der Waals surface area contributed by atoms with Crippen molar-refractivity contribution in [2.75, 3.05) is 16.3 Å². The number of anilines is 2. The lowest BCUT2D eigenvalue weighted by molar-refractivity contribution is 0.102. The van der Waals surface area contributed by atoms with Crippen LogP contribution in [-0.4, -0.2) is 25.6 Å². The maximum absolute atomic E-state index is 12.4. The third-order valence-corrected chi connectivity index (χ3v) is 5.98. The van der Waals surface area contributed by atoms with Crippen LogP contribution in [0, 0.1) is 0 Å². The van der Waals surface area contributed by atoms with Crippen LogP contribution in [0.3, 0.4) is 0 Å². The number of nitrogens with one attached hydrogen (secondary N) is 2. The Kier molecular flexibility index (Phi) is 6.24. The molecule has 1 aromatic heterocycles. The standard InChI is InChI=1S/C18H15Cl2N3O3S2/c1-28(25,26)23-13-6-2-5-12(8-13)17(24)22-18-21-10-14(27-18)9-11-4-3-7-15(19)16(11)20/h2-8,10,23H,9H2,1H3,(H,21,22,24). The van der Waals surface area contributed by atoms with E-state index in [9.17, 15) is 13.2 Å². The van der Waals surface area contributed by atoms with Gasteiger partial charge in [-0.1, -0.05) is 41.4 Å². The Bertz CT molecular complexity index is 1130. The Morgan fingerprint density at radius 3 is 2.68 bits per heavy atom. The Morgan fingerprint density at radius 2 is 1.93 bits per heavy atom. The van der Waals surface area contributed by atoms with Crippen LogP contribution in [0.1, 0.15) is 20.8 Å². The van der Waals surface area contributed by atoms with Gasteiger partial charge >= 0.3 is 0 Å². The van der Waals surface area contributed by atoms with Crippen molar-refractivity contribution in [1.82, 2.24) is 4.98 Å². The number of carbonyl (C=O) groups is 1. The molecule has 0 aliphatic heterocycles. The van der Waals surface area contributed by atoms with Crippen molar-refractivity contribution in [3.63, 3.8) is 0 Å². The molecule has 3 rings (SSSR count). The van der Waals surface area contributed by atoms with E-state index in [0.29, 0.717) is 32.8 Å². The van der Waals surface area contributed by atoms with Crippen LogP contribution in [0.25, 0.3) is 0 Å². The molecule has 6 nitrogen and oxygen atoms in total. The predicted octanol–water partition coefficient (Wildman–Crippen LogP) is 4.66. The minimum atomic E-state index is -3.42. The van der Waals surface area contributed by atoms with Crippen LogP contribution in [-0.2, 0) is 16.4 Å². The van der Waals surface area contributed by atoms with Gasteiger partial charge < -0.3 is 0 Å². The zero-order valence-corrected chi connectivity index (χ0v) is 17.7. The van der Waals surface area contributed by atoms with Crippen molar-refractivity contribution < 1.29 is 13.2 Å². The van der Waals surface area contributed by atoms with E-state index in [4.69, 9.17) is 23.2 Å². The normalized spacial score (nSPS) is 11.2. The van der Waals surface area contributed by atoms with Crippen molar-refractivity contribution >= 4 is 61.3 Å². The van der Waals surface area contributed by atoms with Crippen molar-refractivity contribution in [3.8, 4) is 0 Å². The van der Waals surface area contributed by atoms with E-state index in [2.05, 4.69) is 15.0 Å². The first kappa shape index (κ1) is 20.6. The van der Waals surface area contributed by atoms with Crippen LogP contribution in [0.2, 0.25) is 10.0 Å². The van der Waals surface area contributed by atoms with Gasteiger partial charge in [-0.3, -0.25) is 14.8 Å². The molecule has 1 amide bonds. The predicted molar refractivity (Wildman–Crippen MR) is 114 cm³/mol. The molecular weight excluding hydrogens is 441 g/mol. The van der Waals surface area contributed by atoms with Crippen LogP contribution >= 0.6 is 34.5 Å². The number of hydrogen-bond acceptors (Lipinski definition) is 5. The molecule has 28 heavy (non-hydrogen) atoms. The number of halogens is 2. The smallest absolute Gasteiger partial charge is 0.257 e. The Labute approximate surface area is 176 Å². The van der Waals surface area contributed by atoms with Gasteiger partial charge in [0, 0.05) is 28.7 Å². The van der Waals surface area contributed by atoms with E-state index in [1.807, 2.05) is 12.1 Å². The zero-order chi connectivity index (χ0) is 20.3. The zero-order valence-electron chi connectivity index (χ0n) is 14.6. The van der Waals surface area contributed by atoms with Gasteiger partial charge in [0.15, 0.2) is 5.13 Å². The molecule has 0 aliphatic carbocycles. The van der Waals surface area contributed by atoms with Crippen LogP contribution in [0.15, 0.2) is 48.7 Å². The number of thiazole rings is 1. The summed E-state index contributed by atoms with van der Waals surface area (Å²) in [5.41, 5.74) is 1.49. The van der Waals surface area contributed by atoms with Gasteiger partial charge in [0.1, 0.15) is 0 Å². The van der Waals surface area contributed by atoms with E-state index >= 15 is 0 Å². The minimum Gasteiger partial charge on any atom is -0.298 e. The molecule has 3 aromatic rings. The Balaban J connectivity index is 1.70. The molecule has 2 N–H and O–H groups in total. The number of amides is 1. The first-order valence-electron chi connectivity index (χ1n) is 7.98. The number of nitrogens with zero attached hydrogens (tertiary/aromatic N) is 1. The maximum Gasteiger partial charge on any atom is 0.257 e. The second-order valence-electron chi connectivity index (χ2n) is 5.93. The average molecular weight is 456 g/mol. The fourth-order valence-electron chi connectivity index (χ4n) is 2.43. The third kappa shape index (κ3) is 5.45. The number of sulfonamides is 1. The van der Waals surface area contributed by atoms with Crippen LogP contribution < -0.4 is 10.0 Å². The van der Waals surface area contributed by atoms with Gasteiger partial charge in [0.05, 0.1) is 16.3 Å². The fraction of sp³-hybridized carbons (Fsp3) is 0.111. The summed E-state index contributed by atoms with van der Waals surface area (Å²) in [4.78, 5) is 17.6. The molecule has 1 heterocycles. The first-order chi connectivity index (χ1) is 13.2. The molecule has 146 valence electrons. The van der Waals surface area contributed by atoms with E-state index < -0.39 is 10.0 Å². The molecule has 0 aliphatic rings. The van der Waals surface area contributed by atoms with Gasteiger partial charge in [-0.05, 0) is 29.8 Å². The summed E-state index contributed by atoms with van der Waals surface area (Å²) in [7, 11) is -3.42. The molecule has 2 aromatic carbocycles. The van der Waals surface area contributed by atoms with E-state index in [1.165, 1.54) is 17.4 Å². The molecule has 0 saturated carbocycles. The fourth-order valence-corrected chi connectivity index (χ4v) is 4.20. The highest BCUT2D eigenvalue weighted by Crippen LogP contribution is 2.29. The lowest BCUT2D eigenvalue weighted by atomic mass is 10.1. The number of carbonyl (C=O) groups excluding carboxylic acids is 1. The highest BCUT2D eigenvalue weighted by atomic mass is 35.5. The number of rotatable bonds is 6. The highest BCUT2D eigenvalue weighted by Gasteiger charge is 2.12. The summed E-state index contributed by atoms with van der Waals surface area (Å²) < 4.78 is 25.0. The summed E-state index contributed by atoms with van der Waals surface area (Å²) in [6, 6.07) is 11.6. The first-order valence-corrected chi connectivity index (χ1v) is 11.4. The molecule has 0 saturated heterocycles. The third-order valence-electron chi connectivity index (χ3n) is 3.60. The van der Waals surface area contributed by atoms with Gasteiger partial charge in [0.2, 0.25) is 10.0 Å². The van der Waals surface area contributed by atoms with E-state index in [1.54, 1.807) is 30.5 Å². The van der Waals surface area contributed by atoms with Gasteiger partial charge in [-0.15, -0.1) is 11.3 Å².